The first-order valence-corrected chi connectivity index (χ1v) is 11.9. The van der Waals surface area contributed by atoms with E-state index >= 15 is 0 Å². The van der Waals surface area contributed by atoms with Crippen molar-refractivity contribution in [1.82, 2.24) is 9.97 Å². The van der Waals surface area contributed by atoms with Crippen LogP contribution < -0.4 is 5.73 Å². The van der Waals surface area contributed by atoms with Crippen molar-refractivity contribution >= 4 is 43.9 Å². The summed E-state index contributed by atoms with van der Waals surface area (Å²) in [5.74, 6) is -4.41. The molecule has 3 N–H and O–H groups in total. The number of rotatable bonds is 7. The highest BCUT2D eigenvalue weighted by molar-refractivity contribution is 7.90. The van der Waals surface area contributed by atoms with Crippen molar-refractivity contribution < 1.29 is 31.9 Å². The lowest BCUT2D eigenvalue weighted by Gasteiger charge is -2.18. The van der Waals surface area contributed by atoms with E-state index in [1.807, 2.05) is 0 Å². The maximum absolute atomic E-state index is 12.9. The Balaban J connectivity index is 1.64. The highest BCUT2D eigenvalue weighted by atomic mass is 32.2. The Labute approximate surface area is 197 Å². The van der Waals surface area contributed by atoms with Gasteiger partial charge < -0.3 is 19.7 Å². The molecular formula is C24H17N3O7S. The van der Waals surface area contributed by atoms with Crippen molar-refractivity contribution in [2.24, 2.45) is 5.73 Å². The fraction of sp³-hybridized carbons (Fsp3) is 0.0833. The molecule has 10 nitrogen and oxygen atoms in total. The molecule has 2 aromatic heterocycles. The van der Waals surface area contributed by atoms with Gasteiger partial charge in [-0.2, -0.15) is 0 Å². The van der Waals surface area contributed by atoms with Gasteiger partial charge in [-0.1, -0.05) is 42.5 Å². The van der Waals surface area contributed by atoms with Gasteiger partial charge >= 0.3 is 5.97 Å². The van der Waals surface area contributed by atoms with Crippen LogP contribution in [0.1, 0.15) is 17.3 Å². The monoisotopic (exact) mass is 491 g/mol. The molecule has 3 aromatic carbocycles. The van der Waals surface area contributed by atoms with Gasteiger partial charge in [-0.25, -0.2) is 23.2 Å². The van der Waals surface area contributed by atoms with Gasteiger partial charge in [0.25, 0.3) is 11.3 Å². The maximum atomic E-state index is 12.9. The summed E-state index contributed by atoms with van der Waals surface area (Å²) in [6.07, 6.45) is 0. The predicted octanol–water partition coefficient (Wildman–Crippen LogP) is 2.80. The summed E-state index contributed by atoms with van der Waals surface area (Å²) in [4.78, 5) is 33.3. The van der Waals surface area contributed by atoms with Crippen LogP contribution in [0.5, 0.6) is 0 Å². The van der Waals surface area contributed by atoms with Crippen molar-refractivity contribution in [1.29, 1.82) is 0 Å². The fourth-order valence-electron chi connectivity index (χ4n) is 3.76. The molecule has 0 fully saturated rings. The van der Waals surface area contributed by atoms with E-state index < -0.39 is 38.9 Å². The number of aliphatic carboxylic acids is 1. The Hall–Kier alpha value is -4.51. The largest absolute Gasteiger partial charge is 0.480 e. The molecule has 35 heavy (non-hydrogen) atoms. The predicted molar refractivity (Wildman–Crippen MR) is 123 cm³/mol. The molecule has 0 radical (unpaired) electrons. The van der Waals surface area contributed by atoms with Crippen LogP contribution in [0, 0.1) is 0 Å². The molecule has 0 aliphatic rings. The molecule has 176 valence electrons. The fourth-order valence-corrected chi connectivity index (χ4v) is 5.13. The third-order valence-electron chi connectivity index (χ3n) is 5.54. The molecule has 2 heterocycles. The van der Waals surface area contributed by atoms with Gasteiger partial charge in [0.1, 0.15) is 11.0 Å². The van der Waals surface area contributed by atoms with Gasteiger partial charge in [-0.3, -0.25) is 4.79 Å². The summed E-state index contributed by atoms with van der Waals surface area (Å²) in [6.45, 7) is 0. The summed E-state index contributed by atoms with van der Waals surface area (Å²) in [5, 5.41) is 10.1. The number of carbonyl (C=O) groups excluding carboxylic acids is 1. The Kier molecular flexibility index (Phi) is 5.13. The van der Waals surface area contributed by atoms with Crippen LogP contribution in [-0.4, -0.2) is 35.4 Å². The van der Waals surface area contributed by atoms with E-state index in [9.17, 15) is 23.1 Å². The minimum Gasteiger partial charge on any atom is -0.480 e. The topological polar surface area (TPSA) is 167 Å². The van der Waals surface area contributed by atoms with E-state index in [0.717, 1.165) is 0 Å². The Morgan fingerprint density at radius 1 is 0.857 bits per heavy atom. The van der Waals surface area contributed by atoms with Crippen LogP contribution in [0.3, 0.4) is 0 Å². The normalized spacial score (nSPS) is 13.6. The third-order valence-corrected chi connectivity index (χ3v) is 7.23. The Morgan fingerprint density at radius 3 is 2.09 bits per heavy atom. The lowest BCUT2D eigenvalue weighted by molar-refractivity contribution is -0.148. The van der Waals surface area contributed by atoms with Crippen molar-refractivity contribution in [3.05, 3.63) is 90.1 Å². The number of primary amides is 1. The molecule has 0 aliphatic carbocycles. The number of nitrogens with zero attached hydrogens (tertiary/aromatic N) is 2. The molecule has 5 rings (SSSR count). The number of hydrogen-bond donors (Lipinski definition) is 2. The second-order valence-electron chi connectivity index (χ2n) is 7.80. The zero-order valence-corrected chi connectivity index (χ0v) is 18.7. The van der Waals surface area contributed by atoms with Gasteiger partial charge in [0, 0.05) is 0 Å². The van der Waals surface area contributed by atoms with Gasteiger partial charge in [0.05, 0.1) is 10.6 Å². The first-order chi connectivity index (χ1) is 16.7. The number of carboxylic acid groups (broad SMARTS) is 1. The second-order valence-corrected chi connectivity index (χ2v) is 9.79. The smallest absolute Gasteiger partial charge is 0.338 e. The number of aromatic nitrogens is 2. The van der Waals surface area contributed by atoms with Crippen LogP contribution >= 0.6 is 0 Å². The number of benzene rings is 3. The molecule has 11 heteroatoms. The number of fused-ring (bicyclic) bond motifs is 2. The van der Waals surface area contributed by atoms with Gasteiger partial charge in [-0.15, -0.1) is 0 Å². The average Bonchev–Trinajstić information content (AvgIpc) is 3.43. The van der Waals surface area contributed by atoms with E-state index in [4.69, 9.17) is 14.6 Å². The van der Waals surface area contributed by atoms with Crippen molar-refractivity contribution in [2.45, 2.75) is 16.1 Å². The number of carbonyl (C=O) groups is 2. The molecule has 0 spiro atoms. The van der Waals surface area contributed by atoms with E-state index in [-0.39, 0.29) is 27.3 Å². The molecule has 5 aromatic rings. The summed E-state index contributed by atoms with van der Waals surface area (Å²) >= 11 is 0. The number of para-hydroxylation sites is 2. The van der Waals surface area contributed by atoms with Crippen LogP contribution in [-0.2, 0) is 30.6 Å². The van der Waals surface area contributed by atoms with Crippen LogP contribution in [0.15, 0.2) is 86.5 Å². The van der Waals surface area contributed by atoms with Crippen molar-refractivity contribution in [2.75, 3.05) is 0 Å². The van der Waals surface area contributed by atoms with Crippen LogP contribution in [0.4, 0.5) is 0 Å². The SMILES string of the molecule is NC(=O)C(C(=O)O)(c1nc2ccccc2o1)c1nc2cc(S(=O)(=O)Cc3ccccc3)ccc2o1. The Bertz CT molecular complexity index is 1660. The van der Waals surface area contributed by atoms with E-state index in [1.54, 1.807) is 54.6 Å². The first kappa shape index (κ1) is 22.3. The lowest BCUT2D eigenvalue weighted by atomic mass is 9.86. The molecule has 1 unspecified atom stereocenters. The Morgan fingerprint density at radius 2 is 1.46 bits per heavy atom. The van der Waals surface area contributed by atoms with Gasteiger partial charge in [0.2, 0.25) is 11.8 Å². The minimum atomic E-state index is -3.75. The highest BCUT2D eigenvalue weighted by Crippen LogP contribution is 2.36. The third kappa shape index (κ3) is 3.62. The molecule has 1 atom stereocenters. The van der Waals surface area contributed by atoms with Gasteiger partial charge in [-0.05, 0) is 35.9 Å². The summed E-state index contributed by atoms with van der Waals surface area (Å²) < 4.78 is 37.0. The number of carboxylic acids is 1. The van der Waals surface area contributed by atoms with E-state index in [1.165, 1.54) is 18.2 Å². The van der Waals surface area contributed by atoms with Crippen LogP contribution in [0.25, 0.3) is 22.2 Å². The van der Waals surface area contributed by atoms with Crippen molar-refractivity contribution in [3.63, 3.8) is 0 Å². The number of nitrogens with two attached hydrogens (primary N) is 1. The lowest BCUT2D eigenvalue weighted by Crippen LogP contribution is -2.49. The first-order valence-electron chi connectivity index (χ1n) is 10.3. The summed E-state index contributed by atoms with van der Waals surface area (Å²) in [5.41, 5.74) is 4.09. The zero-order valence-electron chi connectivity index (χ0n) is 17.9. The van der Waals surface area contributed by atoms with Gasteiger partial charge in [0.15, 0.2) is 21.0 Å². The number of amides is 1. The maximum Gasteiger partial charge on any atom is 0.338 e. The molecule has 0 saturated heterocycles. The summed E-state index contributed by atoms with van der Waals surface area (Å²) in [6, 6.07) is 19.0. The molecule has 0 bridgehead atoms. The minimum absolute atomic E-state index is 0.0251. The summed E-state index contributed by atoms with van der Waals surface area (Å²) in [7, 11) is -3.75. The molecule has 0 aliphatic heterocycles. The number of sulfone groups is 1. The highest BCUT2D eigenvalue weighted by Gasteiger charge is 2.57. The van der Waals surface area contributed by atoms with E-state index in [0.29, 0.717) is 11.1 Å². The molecular weight excluding hydrogens is 474 g/mol. The number of hydrogen-bond acceptors (Lipinski definition) is 8. The van der Waals surface area contributed by atoms with Crippen LogP contribution in [0.2, 0.25) is 0 Å². The standard InChI is InChI=1S/C24H17N3O7S/c25-20(28)24(23(29)30,21-26-16-8-4-5-9-18(16)33-21)22-27-17-12-15(10-11-19(17)34-22)35(31,32)13-14-6-2-1-3-7-14/h1-12H,13H2,(H2,25,28)(H,29,30). The van der Waals surface area contributed by atoms with Crippen molar-refractivity contribution in [3.8, 4) is 0 Å². The van der Waals surface area contributed by atoms with E-state index in [2.05, 4.69) is 9.97 Å². The average molecular weight is 491 g/mol. The molecule has 1 amide bonds. The molecule has 0 saturated carbocycles. The second kappa shape index (κ2) is 8.06. The zero-order chi connectivity index (χ0) is 24.8. The quantitative estimate of drug-likeness (QED) is 0.325. The number of oxazole rings is 2.